The van der Waals surface area contributed by atoms with Gasteiger partial charge in [-0.15, -0.1) is 0 Å². The number of hydrogen-bond donors (Lipinski definition) is 2. The van der Waals surface area contributed by atoms with Crippen LogP contribution in [-0.4, -0.2) is 27.2 Å². The highest BCUT2D eigenvalue weighted by Gasteiger charge is 2.27. The van der Waals surface area contributed by atoms with E-state index in [1.54, 1.807) is 42.5 Å². The van der Waals surface area contributed by atoms with Crippen LogP contribution in [0.15, 0.2) is 47.4 Å². The number of carbonyl (C=O) groups excluding carboxylic acids is 1. The summed E-state index contributed by atoms with van der Waals surface area (Å²) < 4.78 is 37.5. The SMILES string of the molecule is O=C(CCc1ccc(S(=O)(=O)NC2CC2)cc1)Nc1ccc2c(c1)OCO2. The van der Waals surface area contributed by atoms with E-state index in [4.69, 9.17) is 9.47 Å². The molecule has 142 valence electrons. The van der Waals surface area contributed by atoms with Crippen LogP contribution in [0.4, 0.5) is 5.69 Å². The van der Waals surface area contributed by atoms with Gasteiger partial charge >= 0.3 is 0 Å². The third-order valence-electron chi connectivity index (χ3n) is 4.43. The van der Waals surface area contributed by atoms with Crippen LogP contribution in [0.25, 0.3) is 0 Å². The first-order valence-corrected chi connectivity index (χ1v) is 10.3. The molecule has 27 heavy (non-hydrogen) atoms. The van der Waals surface area contributed by atoms with Crippen LogP contribution >= 0.6 is 0 Å². The first-order chi connectivity index (χ1) is 13.0. The summed E-state index contributed by atoms with van der Waals surface area (Å²) in [5.41, 5.74) is 1.55. The van der Waals surface area contributed by atoms with E-state index in [-0.39, 0.29) is 23.6 Å². The normalized spacial score (nSPS) is 15.6. The second-order valence-electron chi connectivity index (χ2n) is 6.66. The number of sulfonamides is 1. The number of nitrogens with one attached hydrogen (secondary N) is 2. The number of benzene rings is 2. The topological polar surface area (TPSA) is 93.7 Å². The summed E-state index contributed by atoms with van der Waals surface area (Å²) in [5.74, 6) is 1.16. The van der Waals surface area contributed by atoms with E-state index in [0.29, 0.717) is 30.0 Å². The monoisotopic (exact) mass is 388 g/mol. The van der Waals surface area contributed by atoms with E-state index >= 15 is 0 Å². The molecule has 4 rings (SSSR count). The van der Waals surface area contributed by atoms with E-state index in [0.717, 1.165) is 18.4 Å². The first kappa shape index (κ1) is 17.8. The van der Waals surface area contributed by atoms with E-state index in [1.807, 2.05) is 0 Å². The molecule has 0 aromatic heterocycles. The zero-order chi connectivity index (χ0) is 18.9. The van der Waals surface area contributed by atoms with Crippen LogP contribution in [0, 0.1) is 0 Å². The average Bonchev–Trinajstić information content (AvgIpc) is 3.32. The smallest absolute Gasteiger partial charge is 0.240 e. The predicted molar refractivity (Wildman–Crippen MR) is 99.3 cm³/mol. The molecule has 2 N–H and O–H groups in total. The third kappa shape index (κ3) is 4.40. The highest BCUT2D eigenvalue weighted by molar-refractivity contribution is 7.89. The molecule has 7 nitrogen and oxygen atoms in total. The van der Waals surface area contributed by atoms with E-state index in [9.17, 15) is 13.2 Å². The number of aryl methyl sites for hydroxylation is 1. The van der Waals surface area contributed by atoms with Crippen molar-refractivity contribution in [3.05, 3.63) is 48.0 Å². The Morgan fingerprint density at radius 2 is 1.78 bits per heavy atom. The fourth-order valence-corrected chi connectivity index (χ4v) is 4.08. The van der Waals surface area contributed by atoms with Gasteiger partial charge in [-0.3, -0.25) is 4.79 Å². The molecule has 0 atom stereocenters. The zero-order valence-electron chi connectivity index (χ0n) is 14.6. The highest BCUT2D eigenvalue weighted by atomic mass is 32.2. The Bertz CT molecular complexity index is 953. The summed E-state index contributed by atoms with van der Waals surface area (Å²) in [6.07, 6.45) is 2.61. The van der Waals surface area contributed by atoms with Gasteiger partial charge in [-0.1, -0.05) is 12.1 Å². The van der Waals surface area contributed by atoms with E-state index < -0.39 is 10.0 Å². The number of carbonyl (C=O) groups is 1. The van der Waals surface area contributed by atoms with Crippen LogP contribution in [0.5, 0.6) is 11.5 Å². The van der Waals surface area contributed by atoms with Gasteiger partial charge in [0.25, 0.3) is 0 Å². The molecule has 0 spiro atoms. The van der Waals surface area contributed by atoms with Crippen LogP contribution in [0.2, 0.25) is 0 Å². The minimum atomic E-state index is -3.44. The Hall–Kier alpha value is -2.58. The first-order valence-electron chi connectivity index (χ1n) is 8.80. The molecule has 1 aliphatic carbocycles. The van der Waals surface area contributed by atoms with Crippen LogP contribution < -0.4 is 19.5 Å². The number of ether oxygens (including phenoxy) is 2. The lowest BCUT2D eigenvalue weighted by molar-refractivity contribution is -0.116. The number of amides is 1. The molecule has 0 saturated heterocycles. The second kappa shape index (κ2) is 7.21. The van der Waals surface area contributed by atoms with E-state index in [2.05, 4.69) is 10.0 Å². The van der Waals surface area contributed by atoms with Gasteiger partial charge in [-0.2, -0.15) is 0 Å². The largest absolute Gasteiger partial charge is 0.454 e. The number of fused-ring (bicyclic) bond motifs is 1. The molecule has 0 unspecified atom stereocenters. The lowest BCUT2D eigenvalue weighted by atomic mass is 10.1. The van der Waals surface area contributed by atoms with Gasteiger partial charge in [0.1, 0.15) is 0 Å². The quantitative estimate of drug-likeness (QED) is 0.760. The standard InChI is InChI=1S/C19H20N2O5S/c22-19(20-15-6-9-17-18(11-15)26-12-25-17)10-3-13-1-7-16(8-2-13)27(23,24)21-14-4-5-14/h1-2,6-9,11,14,21H,3-5,10,12H2,(H,20,22). The van der Waals surface area contributed by atoms with Crippen molar-refractivity contribution in [2.75, 3.05) is 12.1 Å². The maximum atomic E-state index is 12.2. The molecular formula is C19H20N2O5S. The molecule has 1 heterocycles. The van der Waals surface area contributed by atoms with Crippen molar-refractivity contribution < 1.29 is 22.7 Å². The van der Waals surface area contributed by atoms with Crippen molar-refractivity contribution in [2.45, 2.75) is 36.6 Å². The Kier molecular flexibility index (Phi) is 4.75. The number of hydrogen-bond acceptors (Lipinski definition) is 5. The third-order valence-corrected chi connectivity index (χ3v) is 5.97. The molecule has 1 fully saturated rings. The van der Waals surface area contributed by atoms with Gasteiger partial charge in [-0.25, -0.2) is 13.1 Å². The Morgan fingerprint density at radius 1 is 1.04 bits per heavy atom. The summed E-state index contributed by atoms with van der Waals surface area (Å²) in [6, 6.07) is 12.0. The molecular weight excluding hydrogens is 368 g/mol. The molecule has 0 radical (unpaired) electrons. The van der Waals surface area contributed by atoms with Gasteiger partial charge in [0.05, 0.1) is 4.90 Å². The fourth-order valence-electron chi connectivity index (χ4n) is 2.78. The number of rotatable bonds is 7. The van der Waals surface area contributed by atoms with Crippen LogP contribution in [-0.2, 0) is 21.2 Å². The van der Waals surface area contributed by atoms with Gasteiger partial charge in [0, 0.05) is 24.2 Å². The maximum Gasteiger partial charge on any atom is 0.240 e. The Balaban J connectivity index is 1.31. The molecule has 1 amide bonds. The molecule has 2 aromatic carbocycles. The highest BCUT2D eigenvalue weighted by Crippen LogP contribution is 2.34. The number of anilines is 1. The van der Waals surface area contributed by atoms with Crippen molar-refractivity contribution in [2.24, 2.45) is 0 Å². The van der Waals surface area contributed by atoms with Gasteiger partial charge in [0.15, 0.2) is 11.5 Å². The van der Waals surface area contributed by atoms with Gasteiger partial charge < -0.3 is 14.8 Å². The zero-order valence-corrected chi connectivity index (χ0v) is 15.4. The summed E-state index contributed by atoms with van der Waals surface area (Å²) in [4.78, 5) is 12.4. The molecule has 1 aliphatic heterocycles. The Labute approximate surface area is 157 Å². The van der Waals surface area contributed by atoms with Gasteiger partial charge in [-0.05, 0) is 49.1 Å². The van der Waals surface area contributed by atoms with Crippen LogP contribution in [0.1, 0.15) is 24.8 Å². The average molecular weight is 388 g/mol. The maximum absolute atomic E-state index is 12.2. The molecule has 2 aromatic rings. The molecule has 1 saturated carbocycles. The fraction of sp³-hybridized carbons (Fsp3) is 0.316. The van der Waals surface area contributed by atoms with Gasteiger partial charge in [0.2, 0.25) is 22.7 Å². The lowest BCUT2D eigenvalue weighted by Crippen LogP contribution is -2.25. The Morgan fingerprint density at radius 3 is 2.52 bits per heavy atom. The summed E-state index contributed by atoms with van der Waals surface area (Å²) in [6.45, 7) is 0.189. The minimum Gasteiger partial charge on any atom is -0.454 e. The summed E-state index contributed by atoms with van der Waals surface area (Å²) >= 11 is 0. The lowest BCUT2D eigenvalue weighted by Gasteiger charge is -2.08. The summed E-state index contributed by atoms with van der Waals surface area (Å²) in [5, 5.41) is 2.83. The molecule has 0 bridgehead atoms. The van der Waals surface area contributed by atoms with Crippen molar-refractivity contribution in [1.82, 2.24) is 4.72 Å². The second-order valence-corrected chi connectivity index (χ2v) is 8.37. The molecule has 2 aliphatic rings. The predicted octanol–water partition coefficient (Wildman–Crippen LogP) is 2.43. The molecule has 8 heteroatoms. The van der Waals surface area contributed by atoms with Crippen molar-refractivity contribution >= 4 is 21.6 Å². The summed E-state index contributed by atoms with van der Waals surface area (Å²) in [7, 11) is -3.44. The van der Waals surface area contributed by atoms with Crippen molar-refractivity contribution in [3.63, 3.8) is 0 Å². The minimum absolute atomic E-state index is 0.0783. The van der Waals surface area contributed by atoms with Crippen molar-refractivity contribution in [1.29, 1.82) is 0 Å². The van der Waals surface area contributed by atoms with E-state index in [1.165, 1.54) is 0 Å². The van der Waals surface area contributed by atoms with Crippen molar-refractivity contribution in [3.8, 4) is 11.5 Å². The van der Waals surface area contributed by atoms with Crippen LogP contribution in [0.3, 0.4) is 0 Å².